The normalized spacial score (nSPS) is 11.1. The average molecular weight is 341 g/mol. The predicted molar refractivity (Wildman–Crippen MR) is 100 cm³/mol. The van der Waals surface area contributed by atoms with Crippen LogP contribution in [0.15, 0.2) is 42.5 Å². The zero-order valence-corrected chi connectivity index (χ0v) is 15.7. The van der Waals surface area contributed by atoms with Crippen molar-refractivity contribution in [3.8, 4) is 11.5 Å². The second-order valence-electron chi connectivity index (χ2n) is 6.95. The Balaban J connectivity index is 2.13. The van der Waals surface area contributed by atoms with Gasteiger partial charge in [0.25, 0.3) is 5.91 Å². The van der Waals surface area contributed by atoms with Crippen LogP contribution < -0.4 is 14.8 Å². The van der Waals surface area contributed by atoms with E-state index in [9.17, 15) is 4.79 Å². The van der Waals surface area contributed by atoms with E-state index in [0.29, 0.717) is 24.5 Å². The molecule has 2 rings (SSSR count). The monoisotopic (exact) mass is 341 g/mol. The number of methoxy groups -OCH3 is 1. The van der Waals surface area contributed by atoms with E-state index in [1.807, 2.05) is 25.1 Å². The molecule has 0 saturated heterocycles. The summed E-state index contributed by atoms with van der Waals surface area (Å²) in [5.41, 5.74) is 2.81. The smallest absolute Gasteiger partial charge is 0.251 e. The Morgan fingerprint density at radius 1 is 1.08 bits per heavy atom. The van der Waals surface area contributed by atoms with E-state index in [2.05, 4.69) is 38.2 Å². The number of benzene rings is 2. The summed E-state index contributed by atoms with van der Waals surface area (Å²) in [6.45, 7) is 9.37. The third kappa shape index (κ3) is 4.99. The molecule has 134 valence electrons. The lowest BCUT2D eigenvalue weighted by Crippen LogP contribution is -2.22. The molecule has 0 bridgehead atoms. The molecule has 25 heavy (non-hydrogen) atoms. The standard InChI is InChI=1S/C21H27NO3/c1-6-22-20(23)15-7-12-19(24-5)16(13-15)14-25-18-10-8-17(9-11-18)21(2,3)4/h7-13H,6,14H2,1-5H3,(H,22,23). The minimum Gasteiger partial charge on any atom is -0.496 e. The number of rotatable bonds is 6. The third-order valence-electron chi connectivity index (χ3n) is 3.99. The summed E-state index contributed by atoms with van der Waals surface area (Å²) in [4.78, 5) is 12.0. The maximum Gasteiger partial charge on any atom is 0.251 e. The second kappa shape index (κ2) is 8.06. The summed E-state index contributed by atoms with van der Waals surface area (Å²) >= 11 is 0. The van der Waals surface area contributed by atoms with E-state index in [1.54, 1.807) is 19.2 Å². The molecule has 0 aliphatic heterocycles. The summed E-state index contributed by atoms with van der Waals surface area (Å²) in [5.74, 6) is 1.40. The van der Waals surface area contributed by atoms with Crippen molar-refractivity contribution < 1.29 is 14.3 Å². The third-order valence-corrected chi connectivity index (χ3v) is 3.99. The highest BCUT2D eigenvalue weighted by molar-refractivity contribution is 5.94. The Labute approximate surface area is 150 Å². The molecule has 0 aromatic heterocycles. The maximum absolute atomic E-state index is 12.0. The van der Waals surface area contributed by atoms with Gasteiger partial charge in [-0.1, -0.05) is 32.9 Å². The van der Waals surface area contributed by atoms with Crippen molar-refractivity contribution >= 4 is 5.91 Å². The van der Waals surface area contributed by atoms with E-state index < -0.39 is 0 Å². The van der Waals surface area contributed by atoms with Crippen LogP contribution >= 0.6 is 0 Å². The summed E-state index contributed by atoms with van der Waals surface area (Å²) in [6.07, 6.45) is 0. The van der Waals surface area contributed by atoms with Crippen LogP contribution in [0, 0.1) is 0 Å². The average Bonchev–Trinajstić information content (AvgIpc) is 2.59. The number of ether oxygens (including phenoxy) is 2. The molecule has 0 heterocycles. The zero-order chi connectivity index (χ0) is 18.4. The van der Waals surface area contributed by atoms with Gasteiger partial charge in [-0.15, -0.1) is 0 Å². The first kappa shape index (κ1) is 18.8. The van der Waals surface area contributed by atoms with Crippen molar-refractivity contribution in [1.29, 1.82) is 0 Å². The molecule has 2 aromatic carbocycles. The van der Waals surface area contributed by atoms with Gasteiger partial charge in [0, 0.05) is 17.7 Å². The minimum atomic E-state index is -0.0964. The van der Waals surface area contributed by atoms with Crippen molar-refractivity contribution in [2.24, 2.45) is 0 Å². The molecule has 0 saturated carbocycles. The number of nitrogens with one attached hydrogen (secondary N) is 1. The summed E-state index contributed by atoms with van der Waals surface area (Å²) < 4.78 is 11.3. The van der Waals surface area contributed by atoms with Gasteiger partial charge in [0.15, 0.2) is 0 Å². The lowest BCUT2D eigenvalue weighted by Gasteiger charge is -2.19. The largest absolute Gasteiger partial charge is 0.496 e. The number of amides is 1. The quantitative estimate of drug-likeness (QED) is 0.851. The topological polar surface area (TPSA) is 47.6 Å². The highest BCUT2D eigenvalue weighted by Crippen LogP contribution is 2.26. The van der Waals surface area contributed by atoms with Gasteiger partial charge >= 0.3 is 0 Å². The zero-order valence-electron chi connectivity index (χ0n) is 15.7. The van der Waals surface area contributed by atoms with Crippen molar-refractivity contribution in [2.75, 3.05) is 13.7 Å². The minimum absolute atomic E-state index is 0.0964. The van der Waals surface area contributed by atoms with Crippen LogP contribution in [-0.2, 0) is 12.0 Å². The predicted octanol–water partition coefficient (Wildman–Crippen LogP) is 4.32. The van der Waals surface area contributed by atoms with Gasteiger partial charge in [-0.25, -0.2) is 0 Å². The molecule has 4 heteroatoms. The van der Waals surface area contributed by atoms with Gasteiger partial charge in [0.1, 0.15) is 18.1 Å². The molecule has 0 spiro atoms. The first-order valence-corrected chi connectivity index (χ1v) is 8.53. The Kier molecular flexibility index (Phi) is 6.07. The maximum atomic E-state index is 12.0. The molecule has 4 nitrogen and oxygen atoms in total. The van der Waals surface area contributed by atoms with Crippen LogP contribution in [0.25, 0.3) is 0 Å². The molecule has 0 fully saturated rings. The number of hydrogen-bond acceptors (Lipinski definition) is 3. The Bertz CT molecular complexity index is 715. The van der Waals surface area contributed by atoms with Crippen LogP contribution in [0.5, 0.6) is 11.5 Å². The Morgan fingerprint density at radius 3 is 2.32 bits per heavy atom. The number of hydrogen-bond donors (Lipinski definition) is 1. The fourth-order valence-corrected chi connectivity index (χ4v) is 2.51. The van der Waals surface area contributed by atoms with Gasteiger partial charge in [-0.3, -0.25) is 4.79 Å². The highest BCUT2D eigenvalue weighted by atomic mass is 16.5. The Morgan fingerprint density at radius 2 is 1.76 bits per heavy atom. The SMILES string of the molecule is CCNC(=O)c1ccc(OC)c(COc2ccc(C(C)(C)C)cc2)c1. The molecule has 0 radical (unpaired) electrons. The molecular weight excluding hydrogens is 314 g/mol. The van der Waals surface area contributed by atoms with Crippen LogP contribution in [0.2, 0.25) is 0 Å². The van der Waals surface area contributed by atoms with Crippen LogP contribution in [0.1, 0.15) is 49.2 Å². The molecule has 0 unspecified atom stereocenters. The highest BCUT2D eigenvalue weighted by Gasteiger charge is 2.14. The fourth-order valence-electron chi connectivity index (χ4n) is 2.51. The van der Waals surface area contributed by atoms with Crippen LogP contribution in [-0.4, -0.2) is 19.6 Å². The molecule has 0 atom stereocenters. The van der Waals surface area contributed by atoms with Gasteiger partial charge in [-0.2, -0.15) is 0 Å². The van der Waals surface area contributed by atoms with Gasteiger partial charge < -0.3 is 14.8 Å². The molecule has 1 amide bonds. The molecule has 0 aliphatic rings. The fraction of sp³-hybridized carbons (Fsp3) is 0.381. The summed E-state index contributed by atoms with van der Waals surface area (Å²) in [6, 6.07) is 13.5. The molecule has 2 aromatic rings. The van der Waals surface area contributed by atoms with Crippen molar-refractivity contribution in [3.05, 3.63) is 59.2 Å². The van der Waals surface area contributed by atoms with Crippen molar-refractivity contribution in [1.82, 2.24) is 5.32 Å². The first-order valence-electron chi connectivity index (χ1n) is 8.53. The van der Waals surface area contributed by atoms with Crippen molar-refractivity contribution in [2.45, 2.75) is 39.7 Å². The van der Waals surface area contributed by atoms with E-state index in [-0.39, 0.29) is 11.3 Å². The van der Waals surface area contributed by atoms with Gasteiger partial charge in [0.05, 0.1) is 7.11 Å². The van der Waals surface area contributed by atoms with E-state index in [0.717, 1.165) is 11.3 Å². The van der Waals surface area contributed by atoms with Crippen LogP contribution in [0.3, 0.4) is 0 Å². The molecular formula is C21H27NO3. The lowest BCUT2D eigenvalue weighted by atomic mass is 9.87. The Hall–Kier alpha value is -2.49. The van der Waals surface area contributed by atoms with Gasteiger partial charge in [0.2, 0.25) is 0 Å². The summed E-state index contributed by atoms with van der Waals surface area (Å²) in [7, 11) is 1.61. The van der Waals surface area contributed by atoms with Gasteiger partial charge in [-0.05, 0) is 48.2 Å². The molecule has 1 N–H and O–H groups in total. The number of carbonyl (C=O) groups is 1. The lowest BCUT2D eigenvalue weighted by molar-refractivity contribution is 0.0955. The van der Waals surface area contributed by atoms with E-state index >= 15 is 0 Å². The number of carbonyl (C=O) groups excluding carboxylic acids is 1. The van der Waals surface area contributed by atoms with E-state index in [4.69, 9.17) is 9.47 Å². The van der Waals surface area contributed by atoms with E-state index in [1.165, 1.54) is 5.56 Å². The first-order chi connectivity index (χ1) is 11.8. The summed E-state index contributed by atoms with van der Waals surface area (Å²) in [5, 5.41) is 2.80. The second-order valence-corrected chi connectivity index (χ2v) is 6.95. The van der Waals surface area contributed by atoms with Crippen molar-refractivity contribution in [3.63, 3.8) is 0 Å². The van der Waals surface area contributed by atoms with Crippen LogP contribution in [0.4, 0.5) is 0 Å². The molecule has 0 aliphatic carbocycles.